The van der Waals surface area contributed by atoms with Crippen molar-refractivity contribution in [3.8, 4) is 0 Å². The van der Waals surface area contributed by atoms with Crippen LogP contribution in [0.3, 0.4) is 0 Å². The molecule has 2 aliphatic rings. The fourth-order valence-electron chi connectivity index (χ4n) is 3.77. The minimum absolute atomic E-state index is 0.175. The van der Waals surface area contributed by atoms with Gasteiger partial charge in [0, 0.05) is 19.6 Å². The van der Waals surface area contributed by atoms with Crippen molar-refractivity contribution < 1.29 is 4.79 Å². The lowest BCUT2D eigenvalue weighted by molar-refractivity contribution is 0.0925. The third kappa shape index (κ3) is 4.12. The van der Waals surface area contributed by atoms with E-state index in [1.807, 2.05) is 0 Å². The van der Waals surface area contributed by atoms with E-state index in [9.17, 15) is 4.79 Å². The van der Waals surface area contributed by atoms with Crippen LogP contribution in [0.15, 0.2) is 0 Å². The zero-order chi connectivity index (χ0) is 13.6. The summed E-state index contributed by atoms with van der Waals surface area (Å²) in [5.74, 6) is 0. The topological polar surface area (TPSA) is 32.3 Å². The molecule has 2 fully saturated rings. The number of likely N-dealkylation sites (tertiary alicyclic amines) is 1. The second-order valence-corrected chi connectivity index (χ2v) is 6.52. The summed E-state index contributed by atoms with van der Waals surface area (Å²) in [5.41, 5.74) is 0.447. The van der Waals surface area contributed by atoms with Crippen LogP contribution in [0.2, 0.25) is 0 Å². The Kier molecular flexibility index (Phi) is 5.53. The van der Waals surface area contributed by atoms with Crippen molar-refractivity contribution in [1.82, 2.24) is 10.2 Å². The van der Waals surface area contributed by atoms with Gasteiger partial charge in [-0.3, -0.25) is 0 Å². The Balaban J connectivity index is 1.98. The van der Waals surface area contributed by atoms with Gasteiger partial charge in [0.15, 0.2) is 0 Å². The first kappa shape index (κ1) is 14.7. The van der Waals surface area contributed by atoms with Crippen LogP contribution in [0.25, 0.3) is 0 Å². The Hall–Kier alpha value is -0.730. The predicted octanol–water partition coefficient (Wildman–Crippen LogP) is 3.93. The van der Waals surface area contributed by atoms with Gasteiger partial charge in [-0.05, 0) is 37.5 Å². The first-order valence-corrected chi connectivity index (χ1v) is 8.29. The molecule has 1 heterocycles. The molecule has 0 aromatic carbocycles. The van der Waals surface area contributed by atoms with E-state index in [1.165, 1.54) is 57.8 Å². The molecule has 1 aliphatic heterocycles. The highest BCUT2D eigenvalue weighted by Crippen LogP contribution is 2.42. The Labute approximate surface area is 118 Å². The number of carbonyl (C=O) groups excluding carboxylic acids is 1. The standard InChI is InChI=1S/C16H30N2O/c1-2-12-17-15(19)18-13-8-4-7-11-16(14-18)9-5-3-6-10-16/h2-14H2,1H3,(H,17,19). The van der Waals surface area contributed by atoms with Crippen LogP contribution in [0.1, 0.15) is 71.1 Å². The van der Waals surface area contributed by atoms with Crippen LogP contribution in [0.5, 0.6) is 0 Å². The highest BCUT2D eigenvalue weighted by molar-refractivity contribution is 5.74. The number of urea groups is 1. The van der Waals surface area contributed by atoms with Crippen molar-refractivity contribution in [3.63, 3.8) is 0 Å². The summed E-state index contributed by atoms with van der Waals surface area (Å²) in [6, 6.07) is 0.175. The molecule has 110 valence electrons. The van der Waals surface area contributed by atoms with E-state index < -0.39 is 0 Å². The molecule has 1 saturated carbocycles. The van der Waals surface area contributed by atoms with E-state index in [0.717, 1.165) is 26.1 Å². The summed E-state index contributed by atoms with van der Waals surface area (Å²) < 4.78 is 0. The summed E-state index contributed by atoms with van der Waals surface area (Å²) in [7, 11) is 0. The van der Waals surface area contributed by atoms with E-state index >= 15 is 0 Å². The lowest BCUT2D eigenvalue weighted by Crippen LogP contribution is -2.48. The zero-order valence-corrected chi connectivity index (χ0v) is 12.5. The number of carbonyl (C=O) groups is 1. The van der Waals surface area contributed by atoms with Gasteiger partial charge in [-0.25, -0.2) is 4.79 Å². The summed E-state index contributed by atoms with van der Waals surface area (Å²) >= 11 is 0. The molecule has 1 saturated heterocycles. The highest BCUT2D eigenvalue weighted by atomic mass is 16.2. The van der Waals surface area contributed by atoms with Gasteiger partial charge in [-0.15, -0.1) is 0 Å². The second-order valence-electron chi connectivity index (χ2n) is 6.52. The maximum atomic E-state index is 12.3. The SMILES string of the molecule is CCCNC(=O)N1CCCCCC2(CCCCC2)C1. The van der Waals surface area contributed by atoms with Crippen LogP contribution in [-0.4, -0.2) is 30.6 Å². The molecule has 1 N–H and O–H groups in total. The predicted molar refractivity (Wildman–Crippen MR) is 79.2 cm³/mol. The van der Waals surface area contributed by atoms with Crippen molar-refractivity contribution in [1.29, 1.82) is 0 Å². The molecule has 2 amide bonds. The molecule has 0 aromatic rings. The molecule has 2 rings (SSSR count). The molecular formula is C16H30N2O. The third-order valence-electron chi connectivity index (χ3n) is 4.89. The molecule has 19 heavy (non-hydrogen) atoms. The third-order valence-corrected chi connectivity index (χ3v) is 4.89. The molecule has 0 atom stereocenters. The average Bonchev–Trinajstić information content (AvgIpc) is 2.41. The van der Waals surface area contributed by atoms with E-state index in [-0.39, 0.29) is 6.03 Å². The van der Waals surface area contributed by atoms with Gasteiger partial charge >= 0.3 is 6.03 Å². The Bertz CT molecular complexity index is 284. The molecule has 0 unspecified atom stereocenters. The lowest BCUT2D eigenvalue weighted by Gasteiger charge is -2.42. The van der Waals surface area contributed by atoms with Gasteiger partial charge in [-0.2, -0.15) is 0 Å². The van der Waals surface area contributed by atoms with E-state index in [2.05, 4.69) is 17.1 Å². The maximum absolute atomic E-state index is 12.3. The highest BCUT2D eigenvalue weighted by Gasteiger charge is 2.35. The van der Waals surface area contributed by atoms with E-state index in [0.29, 0.717) is 5.41 Å². The van der Waals surface area contributed by atoms with Gasteiger partial charge in [0.2, 0.25) is 0 Å². The molecule has 0 bridgehead atoms. The largest absolute Gasteiger partial charge is 0.338 e. The second kappa shape index (κ2) is 7.16. The molecule has 0 radical (unpaired) electrons. The van der Waals surface area contributed by atoms with Gasteiger partial charge in [0.25, 0.3) is 0 Å². The van der Waals surface area contributed by atoms with Crippen molar-refractivity contribution in [2.24, 2.45) is 5.41 Å². The van der Waals surface area contributed by atoms with E-state index in [4.69, 9.17) is 0 Å². The molecule has 3 nitrogen and oxygen atoms in total. The zero-order valence-electron chi connectivity index (χ0n) is 12.5. The fourth-order valence-corrected chi connectivity index (χ4v) is 3.77. The lowest BCUT2D eigenvalue weighted by atomic mass is 9.70. The number of hydrogen-bond acceptors (Lipinski definition) is 1. The first-order valence-electron chi connectivity index (χ1n) is 8.29. The molecule has 1 aliphatic carbocycles. The number of nitrogens with one attached hydrogen (secondary N) is 1. The number of nitrogens with zero attached hydrogens (tertiary/aromatic N) is 1. The smallest absolute Gasteiger partial charge is 0.317 e. The van der Waals surface area contributed by atoms with Crippen molar-refractivity contribution >= 4 is 6.03 Å². The van der Waals surface area contributed by atoms with Gasteiger partial charge in [-0.1, -0.05) is 39.0 Å². The molecular weight excluding hydrogens is 236 g/mol. The van der Waals surface area contributed by atoms with Crippen molar-refractivity contribution in [2.75, 3.05) is 19.6 Å². The molecule has 0 aromatic heterocycles. The molecule has 1 spiro atoms. The minimum atomic E-state index is 0.175. The summed E-state index contributed by atoms with van der Waals surface area (Å²) in [5, 5.41) is 3.06. The summed E-state index contributed by atoms with van der Waals surface area (Å²) in [4.78, 5) is 14.4. The van der Waals surface area contributed by atoms with Crippen molar-refractivity contribution in [2.45, 2.75) is 71.1 Å². The average molecular weight is 266 g/mol. The van der Waals surface area contributed by atoms with Crippen LogP contribution in [-0.2, 0) is 0 Å². The molecule has 3 heteroatoms. The normalized spacial score (nSPS) is 23.7. The van der Waals surface area contributed by atoms with Crippen LogP contribution >= 0.6 is 0 Å². The monoisotopic (exact) mass is 266 g/mol. The Morgan fingerprint density at radius 3 is 2.32 bits per heavy atom. The van der Waals surface area contributed by atoms with Crippen molar-refractivity contribution in [3.05, 3.63) is 0 Å². The fraction of sp³-hybridized carbons (Fsp3) is 0.938. The maximum Gasteiger partial charge on any atom is 0.317 e. The van der Waals surface area contributed by atoms with Gasteiger partial charge in [0.1, 0.15) is 0 Å². The number of hydrogen-bond donors (Lipinski definition) is 1. The summed E-state index contributed by atoms with van der Waals surface area (Å²) in [6.45, 7) is 4.87. The van der Waals surface area contributed by atoms with E-state index in [1.54, 1.807) is 0 Å². The van der Waals surface area contributed by atoms with Crippen LogP contribution < -0.4 is 5.32 Å². The van der Waals surface area contributed by atoms with Gasteiger partial charge < -0.3 is 10.2 Å². The quantitative estimate of drug-likeness (QED) is 0.807. The van der Waals surface area contributed by atoms with Crippen LogP contribution in [0.4, 0.5) is 4.79 Å². The summed E-state index contributed by atoms with van der Waals surface area (Å²) in [6.07, 6.45) is 13.0. The Morgan fingerprint density at radius 2 is 1.68 bits per heavy atom. The minimum Gasteiger partial charge on any atom is -0.338 e. The van der Waals surface area contributed by atoms with Gasteiger partial charge in [0.05, 0.1) is 0 Å². The number of amides is 2. The first-order chi connectivity index (χ1) is 9.26. The van der Waals surface area contributed by atoms with Crippen LogP contribution in [0, 0.1) is 5.41 Å². The number of rotatable bonds is 2. The Morgan fingerprint density at radius 1 is 1.05 bits per heavy atom.